The van der Waals surface area contributed by atoms with Crippen molar-refractivity contribution in [2.24, 2.45) is 11.5 Å². The van der Waals surface area contributed by atoms with Crippen molar-refractivity contribution in [1.29, 1.82) is 0 Å². The molecule has 2 rings (SSSR count). The number of unbranched alkanes of at least 4 members (excludes halogenated alkanes) is 1. The molecule has 0 heterocycles. The molecule has 0 radical (unpaired) electrons. The Bertz CT molecular complexity index is 519. The maximum Gasteiger partial charge on any atom is 0.127 e. The third kappa shape index (κ3) is 5.76. The number of hydrogen-bond acceptors (Lipinski definition) is 3. The summed E-state index contributed by atoms with van der Waals surface area (Å²) in [6.07, 6.45) is 3.03. The van der Waals surface area contributed by atoms with Crippen LogP contribution in [0.4, 0.5) is 0 Å². The van der Waals surface area contributed by atoms with Crippen LogP contribution in [0.5, 0.6) is 11.5 Å². The van der Waals surface area contributed by atoms with Crippen molar-refractivity contribution >= 4 is 12.4 Å². The number of rotatable bonds is 7. The highest BCUT2D eigenvalue weighted by atomic mass is 35.5. The van der Waals surface area contributed by atoms with Crippen LogP contribution >= 0.6 is 12.4 Å². The van der Waals surface area contributed by atoms with Crippen LogP contribution in [0.1, 0.15) is 30.9 Å². The van der Waals surface area contributed by atoms with Gasteiger partial charge in [-0.15, -0.1) is 12.4 Å². The molecular weight excluding hydrogens is 284 g/mol. The molecule has 3 nitrogen and oxygen atoms in total. The van der Waals surface area contributed by atoms with Gasteiger partial charge in [0.25, 0.3) is 0 Å². The highest BCUT2D eigenvalue weighted by Crippen LogP contribution is 2.25. The summed E-state index contributed by atoms with van der Waals surface area (Å²) in [7, 11) is 0. The summed E-state index contributed by atoms with van der Waals surface area (Å²) in [5.74, 6) is 1.66. The van der Waals surface area contributed by atoms with Crippen LogP contribution in [0.2, 0.25) is 0 Å². The second kappa shape index (κ2) is 9.40. The summed E-state index contributed by atoms with van der Waals surface area (Å²) in [5.41, 5.74) is 12.8. The Balaban J connectivity index is 0.00000220. The Kier molecular flexibility index (Phi) is 7.83. The van der Waals surface area contributed by atoms with Gasteiger partial charge in [0.1, 0.15) is 11.5 Å². The molecular formula is C17H23ClN2O. The molecule has 4 heteroatoms. The Labute approximate surface area is 132 Å². The minimum absolute atomic E-state index is 0. The molecule has 0 aromatic heterocycles. The monoisotopic (exact) mass is 306 g/mol. The highest BCUT2D eigenvalue weighted by molar-refractivity contribution is 5.85. The van der Waals surface area contributed by atoms with Crippen LogP contribution in [0.25, 0.3) is 0 Å². The van der Waals surface area contributed by atoms with Crippen molar-refractivity contribution in [3.8, 4) is 11.5 Å². The molecule has 0 unspecified atom stereocenters. The second-order valence-electron chi connectivity index (χ2n) is 4.88. The zero-order valence-electron chi connectivity index (χ0n) is 12.1. The van der Waals surface area contributed by atoms with Gasteiger partial charge in [-0.05, 0) is 49.2 Å². The van der Waals surface area contributed by atoms with Gasteiger partial charge in [-0.3, -0.25) is 0 Å². The zero-order valence-corrected chi connectivity index (χ0v) is 12.9. The van der Waals surface area contributed by atoms with E-state index in [0.29, 0.717) is 0 Å². The van der Waals surface area contributed by atoms with Gasteiger partial charge in [-0.2, -0.15) is 0 Å². The van der Waals surface area contributed by atoms with Crippen LogP contribution < -0.4 is 16.2 Å². The number of halogens is 1. The lowest BCUT2D eigenvalue weighted by Crippen LogP contribution is -2.11. The van der Waals surface area contributed by atoms with Gasteiger partial charge in [-0.1, -0.05) is 36.8 Å². The number of para-hydroxylation sites is 1. The van der Waals surface area contributed by atoms with Gasteiger partial charge in [0.15, 0.2) is 0 Å². The van der Waals surface area contributed by atoms with Crippen LogP contribution in [0.15, 0.2) is 54.6 Å². The van der Waals surface area contributed by atoms with Crippen molar-refractivity contribution in [3.05, 3.63) is 60.2 Å². The Morgan fingerprint density at radius 1 is 0.905 bits per heavy atom. The lowest BCUT2D eigenvalue weighted by atomic mass is 10.0. The summed E-state index contributed by atoms with van der Waals surface area (Å²) in [6, 6.07) is 17.8. The van der Waals surface area contributed by atoms with Crippen LogP contribution in [-0.2, 0) is 0 Å². The topological polar surface area (TPSA) is 61.3 Å². The lowest BCUT2D eigenvalue weighted by Gasteiger charge is -2.13. The number of hydrogen-bond donors (Lipinski definition) is 2. The van der Waals surface area contributed by atoms with Crippen molar-refractivity contribution in [2.45, 2.75) is 25.3 Å². The predicted octanol–water partition coefficient (Wildman–Crippen LogP) is 4.03. The van der Waals surface area contributed by atoms with Gasteiger partial charge < -0.3 is 16.2 Å². The Morgan fingerprint density at radius 2 is 1.62 bits per heavy atom. The van der Waals surface area contributed by atoms with E-state index in [2.05, 4.69) is 0 Å². The first kappa shape index (κ1) is 17.5. The van der Waals surface area contributed by atoms with Crippen molar-refractivity contribution in [2.75, 3.05) is 6.54 Å². The van der Waals surface area contributed by atoms with E-state index < -0.39 is 0 Å². The van der Waals surface area contributed by atoms with Crippen molar-refractivity contribution in [1.82, 2.24) is 0 Å². The average molecular weight is 307 g/mol. The minimum Gasteiger partial charge on any atom is -0.457 e. The zero-order chi connectivity index (χ0) is 14.2. The summed E-state index contributed by atoms with van der Waals surface area (Å²) < 4.78 is 5.82. The lowest BCUT2D eigenvalue weighted by molar-refractivity contribution is 0.480. The maximum absolute atomic E-state index is 6.20. The van der Waals surface area contributed by atoms with E-state index in [9.17, 15) is 0 Å². The number of nitrogens with two attached hydrogens (primary N) is 2. The maximum atomic E-state index is 6.20. The summed E-state index contributed by atoms with van der Waals surface area (Å²) >= 11 is 0. The Hall–Kier alpha value is -1.55. The quantitative estimate of drug-likeness (QED) is 0.759. The largest absolute Gasteiger partial charge is 0.457 e. The highest BCUT2D eigenvalue weighted by Gasteiger charge is 2.07. The van der Waals surface area contributed by atoms with E-state index >= 15 is 0 Å². The first-order valence-electron chi connectivity index (χ1n) is 7.08. The van der Waals surface area contributed by atoms with Crippen LogP contribution in [-0.4, -0.2) is 6.54 Å². The number of benzene rings is 2. The molecule has 0 bridgehead atoms. The molecule has 1 atom stereocenters. The molecule has 0 saturated carbocycles. The molecule has 2 aromatic rings. The molecule has 0 aliphatic carbocycles. The van der Waals surface area contributed by atoms with Crippen molar-refractivity contribution < 1.29 is 4.74 Å². The van der Waals surface area contributed by atoms with Gasteiger partial charge in [0, 0.05) is 6.04 Å². The fraction of sp³-hybridized carbons (Fsp3) is 0.294. The van der Waals surface area contributed by atoms with E-state index in [4.69, 9.17) is 16.2 Å². The van der Waals surface area contributed by atoms with Crippen molar-refractivity contribution in [3.63, 3.8) is 0 Å². The minimum atomic E-state index is 0. The van der Waals surface area contributed by atoms with E-state index in [0.717, 1.165) is 42.9 Å². The second-order valence-corrected chi connectivity index (χ2v) is 4.88. The number of ether oxygens (including phenoxy) is 1. The average Bonchev–Trinajstić information content (AvgIpc) is 2.49. The normalized spacial score (nSPS) is 11.5. The third-order valence-electron chi connectivity index (χ3n) is 3.23. The molecule has 0 spiro atoms. The molecule has 114 valence electrons. The summed E-state index contributed by atoms with van der Waals surface area (Å²) in [4.78, 5) is 0. The molecule has 0 amide bonds. The van der Waals surface area contributed by atoms with E-state index in [-0.39, 0.29) is 18.4 Å². The van der Waals surface area contributed by atoms with Gasteiger partial charge in [0.05, 0.1) is 0 Å². The molecule has 0 aliphatic rings. The molecule has 21 heavy (non-hydrogen) atoms. The Morgan fingerprint density at radius 3 is 2.33 bits per heavy atom. The van der Waals surface area contributed by atoms with Gasteiger partial charge >= 0.3 is 0 Å². The van der Waals surface area contributed by atoms with Crippen LogP contribution in [0.3, 0.4) is 0 Å². The van der Waals surface area contributed by atoms with Crippen LogP contribution in [0, 0.1) is 0 Å². The van der Waals surface area contributed by atoms with E-state index in [1.54, 1.807) is 0 Å². The fourth-order valence-electron chi connectivity index (χ4n) is 2.11. The smallest absolute Gasteiger partial charge is 0.127 e. The molecule has 0 aliphatic heterocycles. The SMILES string of the molecule is Cl.NCCCC[C@@H](N)c1cccc(Oc2ccccc2)c1. The molecule has 0 fully saturated rings. The van der Waals surface area contributed by atoms with E-state index in [1.165, 1.54) is 0 Å². The molecule has 2 aromatic carbocycles. The fourth-order valence-corrected chi connectivity index (χ4v) is 2.11. The van der Waals surface area contributed by atoms with Gasteiger partial charge in [0.2, 0.25) is 0 Å². The summed E-state index contributed by atoms with van der Waals surface area (Å²) in [6.45, 7) is 0.726. The molecule has 4 N–H and O–H groups in total. The predicted molar refractivity (Wildman–Crippen MR) is 90.0 cm³/mol. The first-order chi connectivity index (χ1) is 9.79. The first-order valence-corrected chi connectivity index (χ1v) is 7.08. The molecule has 0 saturated heterocycles. The van der Waals surface area contributed by atoms with E-state index in [1.807, 2.05) is 54.6 Å². The summed E-state index contributed by atoms with van der Waals surface area (Å²) in [5, 5.41) is 0. The third-order valence-corrected chi connectivity index (χ3v) is 3.23. The van der Waals surface area contributed by atoms with Gasteiger partial charge in [-0.25, -0.2) is 0 Å². The standard InChI is InChI=1S/C17H22N2O.ClH/c18-12-5-4-11-17(19)14-7-6-10-16(13-14)20-15-8-2-1-3-9-15;/h1-3,6-10,13,17H,4-5,11-12,18-19H2;1H/t17-;/m1./s1.